The molecule has 0 unspecified atom stereocenters. The van der Waals surface area contributed by atoms with Crippen molar-refractivity contribution in [1.82, 2.24) is 9.38 Å². The molecule has 3 rings (SSSR count). The number of fused-ring (bicyclic) bond motifs is 2. The monoisotopic (exact) mass is 240 g/mol. The van der Waals surface area contributed by atoms with Gasteiger partial charge in [-0.05, 0) is 18.2 Å². The van der Waals surface area contributed by atoms with E-state index in [1.807, 2.05) is 0 Å². The lowest BCUT2D eigenvalue weighted by molar-refractivity contribution is 0.0699. The van der Waals surface area contributed by atoms with Crippen LogP contribution in [0.4, 0.5) is 0 Å². The van der Waals surface area contributed by atoms with E-state index in [4.69, 9.17) is 5.11 Å². The quantitative estimate of drug-likeness (QED) is 0.700. The predicted octanol–water partition coefficient (Wildman–Crippen LogP) is 1.55. The highest BCUT2D eigenvalue weighted by Gasteiger charge is 2.11. The van der Waals surface area contributed by atoms with Crippen molar-refractivity contribution in [3.05, 3.63) is 58.6 Å². The zero-order valence-corrected chi connectivity index (χ0v) is 9.20. The lowest BCUT2D eigenvalue weighted by atomic mass is 10.2. The largest absolute Gasteiger partial charge is 0.478 e. The van der Waals surface area contributed by atoms with E-state index in [0.717, 1.165) is 0 Å². The van der Waals surface area contributed by atoms with Gasteiger partial charge in [0.1, 0.15) is 0 Å². The van der Waals surface area contributed by atoms with Gasteiger partial charge >= 0.3 is 5.97 Å². The van der Waals surface area contributed by atoms with Crippen molar-refractivity contribution in [2.75, 3.05) is 0 Å². The first-order valence-electron chi connectivity index (χ1n) is 5.31. The van der Waals surface area contributed by atoms with Crippen molar-refractivity contribution in [2.45, 2.75) is 0 Å². The third-order valence-corrected chi connectivity index (χ3v) is 2.84. The Morgan fingerprint density at radius 1 is 1.22 bits per heavy atom. The first-order valence-corrected chi connectivity index (χ1v) is 5.31. The molecule has 0 saturated heterocycles. The molecule has 0 aliphatic rings. The minimum Gasteiger partial charge on any atom is -0.478 e. The van der Waals surface area contributed by atoms with Crippen LogP contribution in [0.3, 0.4) is 0 Å². The average molecular weight is 240 g/mol. The molecule has 2 heterocycles. The predicted molar refractivity (Wildman–Crippen MR) is 65.9 cm³/mol. The molecule has 1 aromatic carbocycles. The van der Waals surface area contributed by atoms with Crippen molar-refractivity contribution >= 4 is 22.4 Å². The molecule has 18 heavy (non-hydrogen) atoms. The van der Waals surface area contributed by atoms with Crippen LogP contribution in [0.5, 0.6) is 0 Å². The Kier molecular flexibility index (Phi) is 2.13. The molecular weight excluding hydrogens is 232 g/mol. The van der Waals surface area contributed by atoms with Gasteiger partial charge in [0, 0.05) is 6.20 Å². The molecule has 3 aromatic rings. The topological polar surface area (TPSA) is 71.7 Å². The fraction of sp³-hybridized carbons (Fsp3) is 0. The Bertz CT molecular complexity index is 836. The number of hydrogen-bond acceptors (Lipinski definition) is 3. The van der Waals surface area contributed by atoms with Gasteiger partial charge in [0.25, 0.3) is 5.56 Å². The maximum Gasteiger partial charge on any atom is 0.337 e. The molecule has 5 heteroatoms. The Balaban J connectivity index is 2.59. The summed E-state index contributed by atoms with van der Waals surface area (Å²) in [6.07, 6.45) is 2.86. The molecule has 0 aliphatic heterocycles. The van der Waals surface area contributed by atoms with Gasteiger partial charge in [-0.15, -0.1) is 0 Å². The number of carbonyl (C=O) groups is 1. The molecule has 0 aliphatic carbocycles. The van der Waals surface area contributed by atoms with Gasteiger partial charge in [0.05, 0.1) is 28.2 Å². The molecular formula is C13H8N2O3. The van der Waals surface area contributed by atoms with Crippen molar-refractivity contribution < 1.29 is 9.90 Å². The second-order valence-corrected chi connectivity index (χ2v) is 3.87. The summed E-state index contributed by atoms with van der Waals surface area (Å²) < 4.78 is 1.30. The number of hydrogen-bond donors (Lipinski definition) is 1. The minimum absolute atomic E-state index is 0.0694. The van der Waals surface area contributed by atoms with Crippen molar-refractivity contribution in [1.29, 1.82) is 0 Å². The van der Waals surface area contributed by atoms with E-state index in [0.29, 0.717) is 16.4 Å². The van der Waals surface area contributed by atoms with Crippen LogP contribution in [-0.2, 0) is 0 Å². The van der Waals surface area contributed by atoms with E-state index in [2.05, 4.69) is 4.98 Å². The number of aromatic carboxylic acids is 1. The Hall–Kier alpha value is -2.69. The van der Waals surface area contributed by atoms with Crippen LogP contribution in [0, 0.1) is 0 Å². The standard InChI is InChI=1S/C13H8N2O3/c16-12-8-3-1-2-4-10(8)14-7-11-9(13(17)18)5-6-15(11)12/h1-7H,(H,17,18). The number of carboxylic acids is 1. The van der Waals surface area contributed by atoms with E-state index < -0.39 is 5.97 Å². The van der Waals surface area contributed by atoms with Gasteiger partial charge < -0.3 is 5.11 Å². The third-order valence-electron chi connectivity index (χ3n) is 2.84. The smallest absolute Gasteiger partial charge is 0.337 e. The number of rotatable bonds is 1. The molecule has 2 aromatic heterocycles. The Labute approximate surface area is 101 Å². The second-order valence-electron chi connectivity index (χ2n) is 3.87. The molecule has 0 radical (unpaired) electrons. The van der Waals surface area contributed by atoms with E-state index in [-0.39, 0.29) is 11.1 Å². The molecule has 0 saturated carbocycles. The van der Waals surface area contributed by atoms with Crippen LogP contribution in [0.15, 0.2) is 47.5 Å². The Morgan fingerprint density at radius 3 is 2.78 bits per heavy atom. The molecule has 0 amide bonds. The average Bonchev–Trinajstić information content (AvgIpc) is 2.74. The molecule has 0 bridgehead atoms. The Morgan fingerprint density at radius 2 is 2.00 bits per heavy atom. The number of benzene rings is 1. The van der Waals surface area contributed by atoms with Gasteiger partial charge in [-0.2, -0.15) is 0 Å². The van der Waals surface area contributed by atoms with Gasteiger partial charge in [-0.3, -0.25) is 14.2 Å². The summed E-state index contributed by atoms with van der Waals surface area (Å²) in [5, 5.41) is 9.50. The fourth-order valence-electron chi connectivity index (χ4n) is 1.96. The summed E-state index contributed by atoms with van der Waals surface area (Å²) in [4.78, 5) is 27.5. The molecule has 0 fully saturated rings. The summed E-state index contributed by atoms with van der Waals surface area (Å²) >= 11 is 0. The van der Waals surface area contributed by atoms with Crippen LogP contribution in [-0.4, -0.2) is 20.5 Å². The first kappa shape index (κ1) is 10.5. The van der Waals surface area contributed by atoms with Crippen LogP contribution in [0.2, 0.25) is 0 Å². The fourth-order valence-corrected chi connectivity index (χ4v) is 1.96. The maximum atomic E-state index is 12.3. The van der Waals surface area contributed by atoms with E-state index >= 15 is 0 Å². The van der Waals surface area contributed by atoms with E-state index in [1.165, 1.54) is 22.9 Å². The van der Waals surface area contributed by atoms with E-state index in [9.17, 15) is 9.59 Å². The highest BCUT2D eigenvalue weighted by atomic mass is 16.4. The molecule has 0 atom stereocenters. The summed E-state index contributed by atoms with van der Waals surface area (Å²) in [7, 11) is 0. The van der Waals surface area contributed by atoms with Crippen molar-refractivity contribution in [3.8, 4) is 0 Å². The van der Waals surface area contributed by atoms with E-state index in [1.54, 1.807) is 24.3 Å². The van der Waals surface area contributed by atoms with Crippen molar-refractivity contribution in [2.24, 2.45) is 0 Å². The summed E-state index contributed by atoms with van der Waals surface area (Å²) in [5.74, 6) is -1.08. The molecule has 0 spiro atoms. The van der Waals surface area contributed by atoms with Gasteiger partial charge in [-0.25, -0.2) is 4.79 Å². The first-order chi connectivity index (χ1) is 8.68. The number of aromatic nitrogens is 2. The van der Waals surface area contributed by atoms with Gasteiger partial charge in [0.2, 0.25) is 0 Å². The third kappa shape index (κ3) is 1.37. The van der Waals surface area contributed by atoms with Gasteiger partial charge in [0.15, 0.2) is 0 Å². The highest BCUT2D eigenvalue weighted by Crippen LogP contribution is 2.12. The lowest BCUT2D eigenvalue weighted by Gasteiger charge is -1.89. The number of nitrogens with zero attached hydrogens (tertiary/aromatic N) is 2. The highest BCUT2D eigenvalue weighted by molar-refractivity contribution is 5.96. The second kappa shape index (κ2) is 3.66. The maximum absolute atomic E-state index is 12.3. The van der Waals surface area contributed by atoms with Crippen LogP contribution in [0.1, 0.15) is 10.4 Å². The SMILES string of the molecule is O=C(O)c1ccn2c(=O)c3ccccc3ncc12. The number of carboxylic acid groups (broad SMARTS) is 1. The van der Waals surface area contributed by atoms with Crippen molar-refractivity contribution in [3.63, 3.8) is 0 Å². The zero-order valence-electron chi connectivity index (χ0n) is 9.20. The molecule has 5 nitrogen and oxygen atoms in total. The van der Waals surface area contributed by atoms with Crippen LogP contribution >= 0.6 is 0 Å². The lowest BCUT2D eigenvalue weighted by Crippen LogP contribution is -2.08. The minimum atomic E-state index is -1.08. The number of para-hydroxylation sites is 1. The normalized spacial score (nSPS) is 10.9. The zero-order chi connectivity index (χ0) is 12.7. The molecule has 88 valence electrons. The van der Waals surface area contributed by atoms with Crippen LogP contribution < -0.4 is 5.56 Å². The molecule has 1 N–H and O–H groups in total. The summed E-state index contributed by atoms with van der Waals surface area (Å²) in [6.45, 7) is 0. The van der Waals surface area contributed by atoms with Gasteiger partial charge in [-0.1, -0.05) is 12.1 Å². The van der Waals surface area contributed by atoms with Crippen LogP contribution in [0.25, 0.3) is 16.4 Å². The summed E-state index contributed by atoms with van der Waals surface area (Å²) in [6, 6.07) is 8.32. The summed E-state index contributed by atoms with van der Waals surface area (Å²) in [5.41, 5.74) is 0.636.